The van der Waals surface area contributed by atoms with Crippen molar-refractivity contribution in [1.29, 1.82) is 0 Å². The van der Waals surface area contributed by atoms with Gasteiger partial charge < -0.3 is 10.3 Å². The summed E-state index contributed by atoms with van der Waals surface area (Å²) >= 11 is 0. The van der Waals surface area contributed by atoms with Crippen LogP contribution in [0.25, 0.3) is 11.0 Å². The highest BCUT2D eigenvalue weighted by atomic mass is 14.9. The van der Waals surface area contributed by atoms with Gasteiger partial charge >= 0.3 is 0 Å². The normalized spacial score (nSPS) is 21.2. The molecule has 0 unspecified atom stereocenters. The predicted molar refractivity (Wildman–Crippen MR) is 60.8 cm³/mol. The molecule has 0 bridgehead atoms. The minimum absolute atomic E-state index is 0.657. The van der Waals surface area contributed by atoms with Gasteiger partial charge in [0, 0.05) is 23.8 Å². The number of H-pyrrole nitrogens is 1. The molecule has 0 spiro atoms. The lowest BCUT2D eigenvalue weighted by Crippen LogP contribution is -2.23. The van der Waals surface area contributed by atoms with Gasteiger partial charge in [-0.15, -0.1) is 0 Å². The summed E-state index contributed by atoms with van der Waals surface area (Å²) in [4.78, 5) is 7.52. The van der Waals surface area contributed by atoms with Gasteiger partial charge in [0.25, 0.3) is 0 Å². The molecule has 1 saturated heterocycles. The van der Waals surface area contributed by atoms with E-state index in [2.05, 4.69) is 27.5 Å². The van der Waals surface area contributed by atoms with Gasteiger partial charge in [-0.2, -0.15) is 0 Å². The number of rotatable bonds is 2. The zero-order valence-corrected chi connectivity index (χ0v) is 8.66. The first-order chi connectivity index (χ1) is 7.43. The Bertz CT molecular complexity index is 455. The molecule has 2 aromatic heterocycles. The van der Waals surface area contributed by atoms with Crippen LogP contribution in [0.5, 0.6) is 0 Å². The molecular formula is C12H15N3. The summed E-state index contributed by atoms with van der Waals surface area (Å²) < 4.78 is 0. The van der Waals surface area contributed by atoms with E-state index in [0.29, 0.717) is 6.04 Å². The number of nitrogens with one attached hydrogen (secondary N) is 2. The molecule has 1 atom stereocenters. The lowest BCUT2D eigenvalue weighted by molar-refractivity contribution is 0.605. The van der Waals surface area contributed by atoms with Gasteiger partial charge in [-0.25, -0.2) is 4.98 Å². The van der Waals surface area contributed by atoms with Crippen molar-refractivity contribution >= 4 is 11.0 Å². The maximum Gasteiger partial charge on any atom is 0.137 e. The molecule has 3 heteroatoms. The number of pyridine rings is 1. The van der Waals surface area contributed by atoms with E-state index in [1.165, 1.54) is 30.3 Å². The van der Waals surface area contributed by atoms with Crippen molar-refractivity contribution in [3.63, 3.8) is 0 Å². The second-order valence-electron chi connectivity index (χ2n) is 4.21. The Balaban J connectivity index is 1.90. The molecule has 3 nitrogen and oxygen atoms in total. The number of aromatic amines is 1. The SMILES string of the molecule is c1cnc2[nH]cc(C[C@@H]3CCCN3)c2c1. The van der Waals surface area contributed by atoms with E-state index in [1.807, 2.05) is 12.3 Å². The van der Waals surface area contributed by atoms with Crippen LogP contribution in [0.3, 0.4) is 0 Å². The Labute approximate surface area is 88.9 Å². The van der Waals surface area contributed by atoms with Gasteiger partial charge in [0.1, 0.15) is 5.65 Å². The minimum Gasteiger partial charge on any atom is -0.346 e. The second-order valence-corrected chi connectivity index (χ2v) is 4.21. The molecule has 1 aliphatic heterocycles. The molecule has 78 valence electrons. The molecule has 1 fully saturated rings. The second kappa shape index (κ2) is 3.66. The maximum absolute atomic E-state index is 4.30. The fourth-order valence-corrected chi connectivity index (χ4v) is 2.38. The van der Waals surface area contributed by atoms with Crippen LogP contribution in [0.15, 0.2) is 24.5 Å². The fraction of sp³-hybridized carbons (Fsp3) is 0.417. The van der Waals surface area contributed by atoms with Gasteiger partial charge in [-0.3, -0.25) is 0 Å². The summed E-state index contributed by atoms with van der Waals surface area (Å²) in [6, 6.07) is 4.80. The standard InChI is InChI=1S/C12H15N3/c1-3-10(13-5-1)7-9-8-15-12-11(9)4-2-6-14-12/h2,4,6,8,10,13H,1,3,5,7H2,(H,14,15)/t10-/m0/s1. The number of hydrogen-bond donors (Lipinski definition) is 2. The van der Waals surface area contributed by atoms with Crippen LogP contribution < -0.4 is 5.32 Å². The van der Waals surface area contributed by atoms with E-state index in [-0.39, 0.29) is 0 Å². The quantitative estimate of drug-likeness (QED) is 0.778. The smallest absolute Gasteiger partial charge is 0.137 e. The van der Waals surface area contributed by atoms with E-state index in [4.69, 9.17) is 0 Å². The zero-order chi connectivity index (χ0) is 10.1. The lowest BCUT2D eigenvalue weighted by Gasteiger charge is -2.08. The Morgan fingerprint density at radius 3 is 3.33 bits per heavy atom. The molecule has 2 N–H and O–H groups in total. The third kappa shape index (κ3) is 1.63. The Hall–Kier alpha value is -1.35. The molecule has 3 heterocycles. The minimum atomic E-state index is 0.657. The molecule has 0 aliphatic carbocycles. The third-order valence-electron chi connectivity index (χ3n) is 3.17. The van der Waals surface area contributed by atoms with Crippen molar-refractivity contribution in [3.8, 4) is 0 Å². The zero-order valence-electron chi connectivity index (χ0n) is 8.66. The van der Waals surface area contributed by atoms with Crippen LogP contribution in [-0.2, 0) is 6.42 Å². The van der Waals surface area contributed by atoms with Crippen molar-refractivity contribution in [3.05, 3.63) is 30.1 Å². The predicted octanol–water partition coefficient (Wildman–Crippen LogP) is 1.86. The van der Waals surface area contributed by atoms with Crippen LogP contribution in [0.4, 0.5) is 0 Å². The van der Waals surface area contributed by atoms with E-state index in [1.54, 1.807) is 0 Å². The molecule has 3 rings (SSSR count). The van der Waals surface area contributed by atoms with Crippen LogP contribution in [-0.4, -0.2) is 22.6 Å². The van der Waals surface area contributed by atoms with Crippen molar-refractivity contribution in [1.82, 2.24) is 15.3 Å². The first kappa shape index (κ1) is 8.92. The van der Waals surface area contributed by atoms with Gasteiger partial charge in [0.2, 0.25) is 0 Å². The largest absolute Gasteiger partial charge is 0.346 e. The third-order valence-corrected chi connectivity index (χ3v) is 3.17. The van der Waals surface area contributed by atoms with E-state index in [0.717, 1.165) is 12.1 Å². The fourth-order valence-electron chi connectivity index (χ4n) is 2.38. The van der Waals surface area contributed by atoms with Crippen LogP contribution >= 0.6 is 0 Å². The maximum atomic E-state index is 4.30. The Kier molecular flexibility index (Phi) is 2.18. The highest BCUT2D eigenvalue weighted by Crippen LogP contribution is 2.19. The summed E-state index contributed by atoms with van der Waals surface area (Å²) in [6.07, 6.45) is 7.65. The molecule has 1 aliphatic rings. The topological polar surface area (TPSA) is 40.7 Å². The molecule has 0 saturated carbocycles. The van der Waals surface area contributed by atoms with Gasteiger partial charge in [-0.1, -0.05) is 0 Å². The van der Waals surface area contributed by atoms with Crippen molar-refractivity contribution in [2.45, 2.75) is 25.3 Å². The summed E-state index contributed by atoms with van der Waals surface area (Å²) in [5.74, 6) is 0. The molecule has 15 heavy (non-hydrogen) atoms. The van der Waals surface area contributed by atoms with Gasteiger partial charge in [-0.05, 0) is 43.5 Å². The van der Waals surface area contributed by atoms with Crippen molar-refractivity contribution in [2.24, 2.45) is 0 Å². The van der Waals surface area contributed by atoms with Gasteiger partial charge in [0.05, 0.1) is 0 Å². The average molecular weight is 201 g/mol. The van der Waals surface area contributed by atoms with Crippen molar-refractivity contribution < 1.29 is 0 Å². The lowest BCUT2D eigenvalue weighted by atomic mass is 10.1. The van der Waals surface area contributed by atoms with Crippen molar-refractivity contribution in [2.75, 3.05) is 6.54 Å². The number of fused-ring (bicyclic) bond motifs is 1. The van der Waals surface area contributed by atoms with Crippen LogP contribution in [0.1, 0.15) is 18.4 Å². The average Bonchev–Trinajstić information content (AvgIpc) is 2.89. The number of aromatic nitrogens is 2. The molecule has 0 amide bonds. The molecule has 2 aromatic rings. The van der Waals surface area contributed by atoms with E-state index < -0.39 is 0 Å². The number of hydrogen-bond acceptors (Lipinski definition) is 2. The summed E-state index contributed by atoms with van der Waals surface area (Å²) in [5, 5.41) is 4.79. The van der Waals surface area contributed by atoms with Crippen LogP contribution in [0, 0.1) is 0 Å². The molecular weight excluding hydrogens is 186 g/mol. The summed E-state index contributed by atoms with van der Waals surface area (Å²) in [7, 11) is 0. The van der Waals surface area contributed by atoms with E-state index >= 15 is 0 Å². The Morgan fingerprint density at radius 2 is 2.47 bits per heavy atom. The van der Waals surface area contributed by atoms with E-state index in [9.17, 15) is 0 Å². The monoisotopic (exact) mass is 201 g/mol. The highest BCUT2D eigenvalue weighted by molar-refractivity contribution is 5.79. The molecule has 0 aromatic carbocycles. The van der Waals surface area contributed by atoms with Crippen LogP contribution in [0.2, 0.25) is 0 Å². The molecule has 0 radical (unpaired) electrons. The highest BCUT2D eigenvalue weighted by Gasteiger charge is 2.16. The Morgan fingerprint density at radius 1 is 1.47 bits per heavy atom. The van der Waals surface area contributed by atoms with Gasteiger partial charge in [0.15, 0.2) is 0 Å². The number of nitrogens with zero attached hydrogens (tertiary/aromatic N) is 1. The summed E-state index contributed by atoms with van der Waals surface area (Å²) in [5.41, 5.74) is 2.39. The first-order valence-corrected chi connectivity index (χ1v) is 5.58. The first-order valence-electron chi connectivity index (χ1n) is 5.58. The summed E-state index contributed by atoms with van der Waals surface area (Å²) in [6.45, 7) is 1.17.